The first kappa shape index (κ1) is 7.54. The van der Waals surface area contributed by atoms with Crippen molar-refractivity contribution in [2.45, 2.75) is 25.8 Å². The van der Waals surface area contributed by atoms with Crippen LogP contribution in [0.3, 0.4) is 0 Å². The summed E-state index contributed by atoms with van der Waals surface area (Å²) in [7, 11) is 0. The number of carbonyl (C=O) groups is 1. The highest BCUT2D eigenvalue weighted by Crippen LogP contribution is 2.01. The Morgan fingerprint density at radius 3 is 2.90 bits per heavy atom. The van der Waals surface area contributed by atoms with Crippen molar-refractivity contribution in [3.8, 4) is 0 Å². The van der Waals surface area contributed by atoms with E-state index < -0.39 is 0 Å². The Labute approximate surface area is 60.7 Å². The third-order valence-corrected chi connectivity index (χ3v) is 1.66. The summed E-state index contributed by atoms with van der Waals surface area (Å²) in [5.74, 6) is -0.103. The van der Waals surface area contributed by atoms with Crippen LogP contribution >= 0.6 is 0 Å². The predicted octanol–water partition coefficient (Wildman–Crippen LogP) is 0.301. The molecule has 1 aliphatic rings. The number of rotatable bonds is 3. The molecule has 1 saturated heterocycles. The highest BCUT2D eigenvalue weighted by molar-refractivity contribution is 5.68. The molecule has 1 fully saturated rings. The number of carbonyl (C=O) groups excluding carboxylic acids is 1. The van der Waals surface area contributed by atoms with Crippen molar-refractivity contribution in [2.75, 3.05) is 13.2 Å². The summed E-state index contributed by atoms with van der Waals surface area (Å²) in [4.78, 5) is 10.6. The van der Waals surface area contributed by atoms with Gasteiger partial charge in [-0.3, -0.25) is 4.79 Å². The van der Waals surface area contributed by atoms with Crippen LogP contribution in [-0.2, 0) is 9.53 Å². The van der Waals surface area contributed by atoms with Crippen LogP contribution in [-0.4, -0.2) is 25.2 Å². The minimum absolute atomic E-state index is 0.103. The molecule has 1 heterocycles. The zero-order valence-corrected chi connectivity index (χ0v) is 6.22. The fraction of sp³-hybridized carbons (Fsp3) is 0.857. The Kier molecular flexibility index (Phi) is 2.68. The van der Waals surface area contributed by atoms with Crippen molar-refractivity contribution >= 4 is 5.97 Å². The number of hydrogen-bond acceptors (Lipinski definition) is 3. The van der Waals surface area contributed by atoms with Gasteiger partial charge in [0, 0.05) is 12.5 Å². The lowest BCUT2D eigenvalue weighted by molar-refractivity contribution is -0.144. The lowest BCUT2D eigenvalue weighted by Crippen LogP contribution is -2.46. The lowest BCUT2D eigenvalue weighted by atomic mass is 10.1. The maximum Gasteiger partial charge on any atom is 0.305 e. The number of hydrogen-bond donors (Lipinski definition) is 1. The van der Waals surface area contributed by atoms with Crippen LogP contribution in [0.4, 0.5) is 0 Å². The van der Waals surface area contributed by atoms with Gasteiger partial charge in [0.25, 0.3) is 0 Å². The van der Waals surface area contributed by atoms with Crippen LogP contribution < -0.4 is 5.32 Å². The van der Waals surface area contributed by atoms with Gasteiger partial charge in [-0.05, 0) is 13.0 Å². The molecule has 3 heteroatoms. The van der Waals surface area contributed by atoms with E-state index in [0.29, 0.717) is 19.1 Å². The molecule has 1 rings (SSSR count). The fourth-order valence-corrected chi connectivity index (χ4v) is 0.786. The van der Waals surface area contributed by atoms with Crippen molar-refractivity contribution in [1.82, 2.24) is 5.32 Å². The third-order valence-electron chi connectivity index (χ3n) is 1.66. The largest absolute Gasteiger partial charge is 0.464 e. The lowest BCUT2D eigenvalue weighted by Gasteiger charge is -2.26. The van der Waals surface area contributed by atoms with Gasteiger partial charge in [-0.15, -0.1) is 0 Å². The smallest absolute Gasteiger partial charge is 0.305 e. The van der Waals surface area contributed by atoms with E-state index in [1.807, 2.05) is 0 Å². The van der Waals surface area contributed by atoms with Crippen LogP contribution in [0.25, 0.3) is 0 Å². The van der Waals surface area contributed by atoms with Crippen molar-refractivity contribution in [2.24, 2.45) is 0 Å². The van der Waals surface area contributed by atoms with E-state index in [1.54, 1.807) is 6.92 Å². The summed E-state index contributed by atoms with van der Waals surface area (Å²) in [6.45, 7) is 3.41. The van der Waals surface area contributed by atoms with Crippen LogP contribution in [0, 0.1) is 0 Å². The van der Waals surface area contributed by atoms with E-state index in [1.165, 1.54) is 0 Å². The molecule has 10 heavy (non-hydrogen) atoms. The van der Waals surface area contributed by atoms with Gasteiger partial charge in [0.2, 0.25) is 0 Å². The minimum atomic E-state index is -0.103. The highest BCUT2D eigenvalue weighted by Gasteiger charge is 2.17. The molecule has 1 N–H and O–H groups in total. The van der Waals surface area contributed by atoms with Crippen molar-refractivity contribution < 1.29 is 9.53 Å². The fourth-order valence-electron chi connectivity index (χ4n) is 0.786. The molecule has 58 valence electrons. The van der Waals surface area contributed by atoms with Gasteiger partial charge in [0.1, 0.15) is 6.61 Å². The van der Waals surface area contributed by atoms with E-state index in [0.717, 1.165) is 13.0 Å². The second-order valence-corrected chi connectivity index (χ2v) is 2.48. The predicted molar refractivity (Wildman–Crippen MR) is 37.7 cm³/mol. The van der Waals surface area contributed by atoms with Gasteiger partial charge >= 0.3 is 5.97 Å². The van der Waals surface area contributed by atoms with Gasteiger partial charge in [0.15, 0.2) is 0 Å². The van der Waals surface area contributed by atoms with Gasteiger partial charge in [-0.2, -0.15) is 0 Å². The molecule has 0 aromatic carbocycles. The van der Waals surface area contributed by atoms with Crippen molar-refractivity contribution in [3.05, 3.63) is 0 Å². The van der Waals surface area contributed by atoms with E-state index >= 15 is 0 Å². The number of ether oxygens (including phenoxy) is 1. The van der Waals surface area contributed by atoms with Gasteiger partial charge < -0.3 is 10.1 Å². The van der Waals surface area contributed by atoms with Gasteiger partial charge in [-0.25, -0.2) is 0 Å². The molecule has 0 saturated carbocycles. The van der Waals surface area contributed by atoms with Gasteiger partial charge in [-0.1, -0.05) is 6.92 Å². The highest BCUT2D eigenvalue weighted by atomic mass is 16.5. The molecule has 0 aromatic rings. The van der Waals surface area contributed by atoms with Crippen molar-refractivity contribution in [1.29, 1.82) is 0 Å². The molecule has 0 radical (unpaired) electrons. The zero-order chi connectivity index (χ0) is 7.40. The Morgan fingerprint density at radius 1 is 1.80 bits per heavy atom. The summed E-state index contributed by atoms with van der Waals surface area (Å²) >= 11 is 0. The van der Waals surface area contributed by atoms with E-state index in [-0.39, 0.29) is 5.97 Å². The van der Waals surface area contributed by atoms with Crippen LogP contribution in [0.2, 0.25) is 0 Å². The van der Waals surface area contributed by atoms with E-state index in [2.05, 4.69) is 5.32 Å². The number of esters is 1. The Morgan fingerprint density at radius 2 is 2.50 bits per heavy atom. The summed E-state index contributed by atoms with van der Waals surface area (Å²) < 4.78 is 4.89. The summed E-state index contributed by atoms with van der Waals surface area (Å²) in [5.41, 5.74) is 0. The van der Waals surface area contributed by atoms with E-state index in [9.17, 15) is 4.79 Å². The number of nitrogens with one attached hydrogen (secondary N) is 1. The molecule has 0 aliphatic carbocycles. The summed E-state index contributed by atoms with van der Waals surface area (Å²) in [6.07, 6.45) is 1.61. The maximum absolute atomic E-state index is 10.6. The first-order chi connectivity index (χ1) is 4.83. The molecule has 0 spiro atoms. The molecule has 0 aromatic heterocycles. The SMILES string of the molecule is CCC(=O)OCC1CCN1. The molecule has 1 aliphatic heterocycles. The molecule has 0 bridgehead atoms. The molecular weight excluding hydrogens is 130 g/mol. The topological polar surface area (TPSA) is 38.3 Å². The standard InChI is InChI=1S/C7H13NO2/c1-2-7(9)10-5-6-3-4-8-6/h6,8H,2-5H2,1H3. The average molecular weight is 143 g/mol. The quantitative estimate of drug-likeness (QED) is 0.577. The first-order valence-corrected chi connectivity index (χ1v) is 3.72. The average Bonchev–Trinajstić information content (AvgIpc) is 1.84. The molecular formula is C7H13NO2. The summed E-state index contributed by atoms with van der Waals surface area (Å²) in [6, 6.07) is 0.426. The zero-order valence-electron chi connectivity index (χ0n) is 6.22. The first-order valence-electron chi connectivity index (χ1n) is 3.72. The monoisotopic (exact) mass is 143 g/mol. The van der Waals surface area contributed by atoms with Gasteiger partial charge in [0.05, 0.1) is 0 Å². The molecule has 1 unspecified atom stereocenters. The summed E-state index contributed by atoms with van der Waals surface area (Å²) in [5, 5.41) is 3.15. The second kappa shape index (κ2) is 3.56. The van der Waals surface area contributed by atoms with E-state index in [4.69, 9.17) is 4.74 Å². The Balaban J connectivity index is 1.98. The van der Waals surface area contributed by atoms with Crippen LogP contribution in [0.5, 0.6) is 0 Å². The molecule has 3 nitrogen and oxygen atoms in total. The Hall–Kier alpha value is -0.570. The third kappa shape index (κ3) is 1.99. The maximum atomic E-state index is 10.6. The molecule has 1 atom stereocenters. The van der Waals surface area contributed by atoms with Crippen LogP contribution in [0.1, 0.15) is 19.8 Å². The molecule has 0 amide bonds. The van der Waals surface area contributed by atoms with Crippen LogP contribution in [0.15, 0.2) is 0 Å². The normalized spacial score (nSPS) is 23.5. The second-order valence-electron chi connectivity index (χ2n) is 2.48. The Bertz CT molecular complexity index is 121. The minimum Gasteiger partial charge on any atom is -0.464 e. The van der Waals surface area contributed by atoms with Crippen molar-refractivity contribution in [3.63, 3.8) is 0 Å².